The number of nitrogens with zero attached hydrogens (tertiary/aromatic N) is 2. The first-order valence-corrected chi connectivity index (χ1v) is 8.76. The van der Waals surface area contributed by atoms with Gasteiger partial charge in [0.2, 0.25) is 0 Å². The number of amides is 1. The van der Waals surface area contributed by atoms with Gasteiger partial charge in [0.15, 0.2) is 5.69 Å². The van der Waals surface area contributed by atoms with E-state index in [1.165, 1.54) is 0 Å². The van der Waals surface area contributed by atoms with Crippen LogP contribution >= 0.6 is 11.6 Å². The lowest BCUT2D eigenvalue weighted by atomic mass is 10.1. The van der Waals surface area contributed by atoms with Crippen LogP contribution in [0.15, 0.2) is 34.9 Å². The second kappa shape index (κ2) is 6.13. The van der Waals surface area contributed by atoms with Gasteiger partial charge in [0.25, 0.3) is 5.91 Å². The fourth-order valence-electron chi connectivity index (χ4n) is 3.22. The zero-order chi connectivity index (χ0) is 16.7. The molecule has 4 rings (SSSR count). The van der Waals surface area contributed by atoms with Crippen molar-refractivity contribution in [2.45, 2.75) is 31.7 Å². The van der Waals surface area contributed by atoms with E-state index >= 15 is 0 Å². The quantitative estimate of drug-likeness (QED) is 0.922. The molecular formula is C18H20ClN3O2. The van der Waals surface area contributed by atoms with Crippen molar-refractivity contribution >= 4 is 23.2 Å². The maximum absolute atomic E-state index is 12.4. The Balaban J connectivity index is 1.40. The maximum Gasteiger partial charge on any atom is 0.273 e. The fourth-order valence-corrected chi connectivity index (χ4v) is 3.34. The SMILES string of the molecule is C[C@@H]1CN(c2ccc(Cl)cc2)C[C@H]1NC(=O)c1cc(C2CC2)on1. The van der Waals surface area contributed by atoms with Crippen LogP contribution in [0.25, 0.3) is 0 Å². The van der Waals surface area contributed by atoms with E-state index in [9.17, 15) is 4.79 Å². The molecule has 0 spiro atoms. The molecule has 5 nitrogen and oxygen atoms in total. The summed E-state index contributed by atoms with van der Waals surface area (Å²) in [5.74, 6) is 1.51. The minimum atomic E-state index is -0.152. The van der Waals surface area contributed by atoms with Crippen molar-refractivity contribution in [2.75, 3.05) is 18.0 Å². The Morgan fingerprint density at radius 2 is 2.04 bits per heavy atom. The number of halogens is 1. The molecule has 2 aromatic rings. The molecule has 1 aromatic heterocycles. The molecule has 1 amide bonds. The normalized spacial score (nSPS) is 23.5. The summed E-state index contributed by atoms with van der Waals surface area (Å²) in [4.78, 5) is 14.7. The summed E-state index contributed by atoms with van der Waals surface area (Å²) >= 11 is 5.95. The van der Waals surface area contributed by atoms with Crippen LogP contribution in [0.2, 0.25) is 5.02 Å². The Labute approximate surface area is 146 Å². The van der Waals surface area contributed by atoms with Crippen LogP contribution in [-0.4, -0.2) is 30.2 Å². The van der Waals surface area contributed by atoms with Crippen molar-refractivity contribution in [1.82, 2.24) is 10.5 Å². The van der Waals surface area contributed by atoms with Gasteiger partial charge in [-0.2, -0.15) is 0 Å². The first-order chi connectivity index (χ1) is 11.6. The average molecular weight is 346 g/mol. The Kier molecular flexibility index (Phi) is 3.96. The van der Waals surface area contributed by atoms with Gasteiger partial charge in [-0.1, -0.05) is 23.7 Å². The molecule has 1 N–H and O–H groups in total. The van der Waals surface area contributed by atoms with Crippen LogP contribution < -0.4 is 10.2 Å². The van der Waals surface area contributed by atoms with Crippen molar-refractivity contribution in [2.24, 2.45) is 5.92 Å². The second-order valence-electron chi connectivity index (χ2n) is 6.83. The number of carbonyl (C=O) groups is 1. The summed E-state index contributed by atoms with van der Waals surface area (Å²) in [6.07, 6.45) is 2.26. The van der Waals surface area contributed by atoms with Crippen molar-refractivity contribution < 1.29 is 9.32 Å². The highest BCUT2D eigenvalue weighted by Gasteiger charge is 2.33. The molecule has 2 atom stereocenters. The Bertz CT molecular complexity index is 739. The molecule has 126 valence electrons. The van der Waals surface area contributed by atoms with E-state index in [1.807, 2.05) is 24.3 Å². The van der Waals surface area contributed by atoms with Gasteiger partial charge in [-0.05, 0) is 43.0 Å². The van der Waals surface area contributed by atoms with Gasteiger partial charge in [-0.15, -0.1) is 0 Å². The van der Waals surface area contributed by atoms with E-state index in [0.717, 1.165) is 42.4 Å². The molecule has 1 saturated heterocycles. The summed E-state index contributed by atoms with van der Waals surface area (Å²) in [5.41, 5.74) is 1.51. The number of benzene rings is 1. The fraction of sp³-hybridized carbons (Fsp3) is 0.444. The monoisotopic (exact) mass is 345 g/mol. The van der Waals surface area contributed by atoms with Crippen molar-refractivity contribution in [3.05, 3.63) is 46.8 Å². The van der Waals surface area contributed by atoms with Gasteiger partial charge in [-0.3, -0.25) is 4.79 Å². The third kappa shape index (κ3) is 3.13. The number of hydrogen-bond acceptors (Lipinski definition) is 4. The molecular weight excluding hydrogens is 326 g/mol. The van der Waals surface area contributed by atoms with Gasteiger partial charge in [0.05, 0.1) is 6.04 Å². The van der Waals surface area contributed by atoms with Crippen LogP contribution in [0.3, 0.4) is 0 Å². The molecule has 0 bridgehead atoms. The lowest BCUT2D eigenvalue weighted by Crippen LogP contribution is -2.40. The van der Waals surface area contributed by atoms with E-state index in [1.54, 1.807) is 6.07 Å². The van der Waals surface area contributed by atoms with Crippen molar-refractivity contribution in [1.29, 1.82) is 0 Å². The molecule has 0 unspecified atom stereocenters. The molecule has 1 aromatic carbocycles. The Morgan fingerprint density at radius 3 is 2.75 bits per heavy atom. The molecule has 24 heavy (non-hydrogen) atoms. The minimum absolute atomic E-state index is 0.0919. The predicted octanol–water partition coefficient (Wildman–Crippen LogP) is 3.46. The zero-order valence-corrected chi connectivity index (χ0v) is 14.3. The molecule has 1 saturated carbocycles. The molecule has 2 aliphatic rings. The number of nitrogens with one attached hydrogen (secondary N) is 1. The van der Waals surface area contributed by atoms with Gasteiger partial charge in [0, 0.05) is 35.8 Å². The number of rotatable bonds is 4. The maximum atomic E-state index is 12.4. The summed E-state index contributed by atoms with van der Waals surface area (Å²) in [5, 5.41) is 7.75. The van der Waals surface area contributed by atoms with Gasteiger partial charge in [-0.25, -0.2) is 0 Å². The summed E-state index contributed by atoms with van der Waals surface area (Å²) in [6, 6.07) is 9.68. The molecule has 1 aliphatic carbocycles. The van der Waals surface area contributed by atoms with Crippen LogP contribution in [0, 0.1) is 5.92 Å². The lowest BCUT2D eigenvalue weighted by Gasteiger charge is -2.18. The summed E-state index contributed by atoms with van der Waals surface area (Å²) in [6.45, 7) is 3.83. The number of hydrogen-bond donors (Lipinski definition) is 1. The molecule has 6 heteroatoms. The highest BCUT2D eigenvalue weighted by atomic mass is 35.5. The molecule has 0 radical (unpaired) electrons. The van der Waals surface area contributed by atoms with Gasteiger partial charge >= 0.3 is 0 Å². The Hall–Kier alpha value is -2.01. The number of anilines is 1. The average Bonchev–Trinajstić information content (AvgIpc) is 3.19. The zero-order valence-electron chi connectivity index (χ0n) is 13.5. The van der Waals surface area contributed by atoms with Crippen molar-refractivity contribution in [3.8, 4) is 0 Å². The van der Waals surface area contributed by atoms with Gasteiger partial charge < -0.3 is 14.7 Å². The van der Waals surface area contributed by atoms with E-state index in [4.69, 9.17) is 16.1 Å². The van der Waals surface area contributed by atoms with Crippen LogP contribution in [0.4, 0.5) is 5.69 Å². The second-order valence-corrected chi connectivity index (χ2v) is 7.26. The molecule has 1 aliphatic heterocycles. The smallest absolute Gasteiger partial charge is 0.273 e. The van der Waals surface area contributed by atoms with Crippen LogP contribution in [0.5, 0.6) is 0 Å². The standard InChI is InChI=1S/C18H20ClN3O2/c1-11-9-22(14-6-4-13(19)5-7-14)10-16(11)20-18(23)15-8-17(24-21-15)12-2-3-12/h4-8,11-12,16H,2-3,9-10H2,1H3,(H,20,23)/t11-,16-/m1/s1. The van der Waals surface area contributed by atoms with E-state index in [-0.39, 0.29) is 11.9 Å². The largest absolute Gasteiger partial charge is 0.369 e. The summed E-state index contributed by atoms with van der Waals surface area (Å²) in [7, 11) is 0. The van der Waals surface area contributed by atoms with E-state index in [0.29, 0.717) is 17.5 Å². The van der Waals surface area contributed by atoms with Crippen LogP contribution in [-0.2, 0) is 0 Å². The van der Waals surface area contributed by atoms with Crippen LogP contribution in [0.1, 0.15) is 41.9 Å². The first-order valence-electron chi connectivity index (χ1n) is 8.38. The van der Waals surface area contributed by atoms with E-state index < -0.39 is 0 Å². The Morgan fingerprint density at radius 1 is 1.29 bits per heavy atom. The summed E-state index contributed by atoms with van der Waals surface area (Å²) < 4.78 is 5.27. The third-order valence-corrected chi connectivity index (χ3v) is 5.11. The minimum Gasteiger partial charge on any atom is -0.369 e. The number of aromatic nitrogens is 1. The predicted molar refractivity (Wildman–Crippen MR) is 92.6 cm³/mol. The van der Waals surface area contributed by atoms with Crippen molar-refractivity contribution in [3.63, 3.8) is 0 Å². The highest BCUT2D eigenvalue weighted by molar-refractivity contribution is 6.30. The van der Waals surface area contributed by atoms with E-state index in [2.05, 4.69) is 22.3 Å². The third-order valence-electron chi connectivity index (χ3n) is 4.86. The highest BCUT2D eigenvalue weighted by Crippen LogP contribution is 2.40. The first kappa shape index (κ1) is 15.5. The number of carbonyl (C=O) groups excluding carboxylic acids is 1. The molecule has 2 fully saturated rings. The lowest BCUT2D eigenvalue weighted by molar-refractivity contribution is 0.0924. The van der Waals surface area contributed by atoms with Gasteiger partial charge in [0.1, 0.15) is 5.76 Å². The molecule has 2 heterocycles. The topological polar surface area (TPSA) is 58.4 Å².